The molecule has 0 atom stereocenters. The minimum Gasteiger partial charge on any atom is -0.369 e. The van der Waals surface area contributed by atoms with Crippen molar-refractivity contribution in [2.24, 2.45) is 0 Å². The van der Waals surface area contributed by atoms with Crippen LogP contribution in [0.3, 0.4) is 0 Å². The van der Waals surface area contributed by atoms with Gasteiger partial charge in [-0.15, -0.1) is 0 Å². The van der Waals surface area contributed by atoms with Crippen LogP contribution >= 0.6 is 0 Å². The quantitative estimate of drug-likeness (QED) is 0.253. The standard InChI is InChI=1S/4NO3.4H3N.Pt/c4*2-1(3)4;;;;;/h;;;;4*1H3;/q4*-1;;;;;/p+4. The van der Waals surface area contributed by atoms with Gasteiger partial charge in [0.25, 0.3) is 0 Å². The summed E-state index contributed by atoms with van der Waals surface area (Å²) in [5.74, 6) is 0. The maximum atomic E-state index is 8.25. The van der Waals surface area contributed by atoms with E-state index in [4.69, 9.17) is 61.3 Å². The molecule has 0 aliphatic rings. The van der Waals surface area contributed by atoms with Gasteiger partial charge in [-0.25, -0.2) is 0 Å². The molecular formula is H16N8O12Pt. The molecule has 0 aromatic heterocycles. The summed E-state index contributed by atoms with van der Waals surface area (Å²) >= 11 is 0. The van der Waals surface area contributed by atoms with E-state index in [0.29, 0.717) is 0 Å². The van der Waals surface area contributed by atoms with Crippen LogP contribution in [0.15, 0.2) is 0 Å². The fourth-order valence-corrected chi connectivity index (χ4v) is 0. The first-order valence-electron chi connectivity index (χ1n) is 2.19. The van der Waals surface area contributed by atoms with Gasteiger partial charge in [-0.3, -0.25) is 0 Å². The molecule has 0 rings (SSSR count). The molecular weight excluding hydrogens is 499 g/mol. The largest absolute Gasteiger partial charge is 0.369 e. The van der Waals surface area contributed by atoms with E-state index in [9.17, 15) is 0 Å². The van der Waals surface area contributed by atoms with Crippen molar-refractivity contribution in [3.8, 4) is 0 Å². The summed E-state index contributed by atoms with van der Waals surface area (Å²) in [5.41, 5.74) is 0. The molecule has 138 valence electrons. The normalized spacial score (nSPS) is 4.57. The number of nitrogens with zero attached hydrogens (tertiary/aromatic N) is 4. The second-order valence-corrected chi connectivity index (χ2v) is 0.894. The fraction of sp³-hybridized carbons (Fsp3) is 0. The molecule has 21 heteroatoms. The molecule has 20 nitrogen and oxygen atoms in total. The summed E-state index contributed by atoms with van der Waals surface area (Å²) in [5, 5.41) is 59.0. The van der Waals surface area contributed by atoms with Crippen molar-refractivity contribution in [1.82, 2.24) is 24.6 Å². The first-order valence-corrected chi connectivity index (χ1v) is 2.19. The first-order chi connectivity index (χ1) is 6.93. The number of quaternary nitrogens is 4. The number of rotatable bonds is 0. The van der Waals surface area contributed by atoms with Crippen molar-refractivity contribution >= 4 is 0 Å². The third kappa shape index (κ3) is 570. The van der Waals surface area contributed by atoms with Gasteiger partial charge >= 0.3 is 0 Å². The molecule has 16 N–H and O–H groups in total. The Morgan fingerprint density at radius 2 is 0.381 bits per heavy atom. The summed E-state index contributed by atoms with van der Waals surface area (Å²) in [7, 11) is 0. The van der Waals surface area contributed by atoms with Gasteiger partial charge < -0.3 is 85.9 Å². The van der Waals surface area contributed by atoms with Crippen molar-refractivity contribution < 1.29 is 41.4 Å². The third-order valence-corrected chi connectivity index (χ3v) is 0. The van der Waals surface area contributed by atoms with E-state index in [-0.39, 0.29) is 45.7 Å². The van der Waals surface area contributed by atoms with Crippen LogP contribution in [0, 0.1) is 61.3 Å². The minimum atomic E-state index is -1.75. The molecule has 0 radical (unpaired) electrons. The van der Waals surface area contributed by atoms with Gasteiger partial charge in [0.2, 0.25) is 0 Å². The van der Waals surface area contributed by atoms with E-state index in [1.165, 1.54) is 0 Å². The second kappa shape index (κ2) is 53.1. The Balaban J connectivity index is -0.0000000121. The summed E-state index contributed by atoms with van der Waals surface area (Å²) in [6.07, 6.45) is 0. The zero-order valence-electron chi connectivity index (χ0n) is 11.0. The average Bonchev–Trinajstić information content (AvgIpc) is 1.76. The fourth-order valence-electron chi connectivity index (χ4n) is 0. The van der Waals surface area contributed by atoms with Crippen molar-refractivity contribution in [2.75, 3.05) is 0 Å². The molecule has 0 saturated heterocycles. The van der Waals surface area contributed by atoms with Crippen LogP contribution < -0.4 is 24.6 Å². The molecule has 21 heavy (non-hydrogen) atoms. The van der Waals surface area contributed by atoms with Crippen LogP contribution in [0.2, 0.25) is 0 Å². The topological polar surface area (TPSA) is 411 Å². The molecule has 0 aromatic rings. The number of hydrogen-bond donors (Lipinski definition) is 4. The maximum Gasteiger partial charge on any atom is 0.0689 e. The van der Waals surface area contributed by atoms with Gasteiger partial charge in [-0.1, -0.05) is 0 Å². The van der Waals surface area contributed by atoms with Crippen LogP contribution in [0.25, 0.3) is 0 Å². The molecule has 0 heterocycles. The Morgan fingerprint density at radius 1 is 0.381 bits per heavy atom. The molecule has 0 aromatic carbocycles. The minimum absolute atomic E-state index is 0. The molecule has 0 bridgehead atoms. The molecule has 0 saturated carbocycles. The van der Waals surface area contributed by atoms with Crippen LogP contribution in [0.1, 0.15) is 0 Å². The maximum absolute atomic E-state index is 8.25. The average molecular weight is 515 g/mol. The van der Waals surface area contributed by atoms with Crippen molar-refractivity contribution in [1.29, 1.82) is 0 Å². The predicted octanol–water partition coefficient (Wildman–Crippen LogP) is 0.546. The monoisotopic (exact) mass is 515 g/mol. The van der Waals surface area contributed by atoms with Crippen molar-refractivity contribution in [2.45, 2.75) is 0 Å². The molecule has 0 spiro atoms. The SMILES string of the molecule is O=[N+]([O-])[O-].O=[N+]([O-])[O-].O=[N+]([O-])[O-].O=[N+]([O-])[O-].[NH4+].[NH4+].[NH4+].[NH4+].[Pt]. The molecule has 0 aliphatic carbocycles. The smallest absolute Gasteiger partial charge is 0.0689 e. The first kappa shape index (κ1) is 63.2. The van der Waals surface area contributed by atoms with Crippen molar-refractivity contribution in [3.63, 3.8) is 0 Å². The zero-order valence-corrected chi connectivity index (χ0v) is 13.3. The predicted molar refractivity (Wildman–Crippen MR) is 65.4 cm³/mol. The molecule has 0 amide bonds. The van der Waals surface area contributed by atoms with Gasteiger partial charge in [0.15, 0.2) is 0 Å². The van der Waals surface area contributed by atoms with E-state index in [1.54, 1.807) is 0 Å². The summed E-state index contributed by atoms with van der Waals surface area (Å²) < 4.78 is 0. The molecule has 0 aliphatic heterocycles. The Kier molecular flexibility index (Phi) is 160. The van der Waals surface area contributed by atoms with Crippen LogP contribution in [0.5, 0.6) is 0 Å². The van der Waals surface area contributed by atoms with E-state index in [1.807, 2.05) is 0 Å². The Bertz CT molecular complexity index is 165. The van der Waals surface area contributed by atoms with Gasteiger partial charge in [0.1, 0.15) is 0 Å². The summed E-state index contributed by atoms with van der Waals surface area (Å²) in [6, 6.07) is 0. The third-order valence-electron chi connectivity index (χ3n) is 0. The van der Waals surface area contributed by atoms with Crippen LogP contribution in [-0.2, 0) is 21.1 Å². The van der Waals surface area contributed by atoms with E-state index >= 15 is 0 Å². The van der Waals surface area contributed by atoms with Gasteiger partial charge in [0.05, 0.1) is 20.3 Å². The summed E-state index contributed by atoms with van der Waals surface area (Å²) in [4.78, 5) is 33.0. The van der Waals surface area contributed by atoms with Gasteiger partial charge in [0, 0.05) is 21.1 Å². The van der Waals surface area contributed by atoms with E-state index in [0.717, 1.165) is 0 Å². The Hall–Kier alpha value is -2.67. The van der Waals surface area contributed by atoms with Gasteiger partial charge in [-0.2, -0.15) is 0 Å². The zero-order chi connectivity index (χ0) is 14.3. The van der Waals surface area contributed by atoms with Crippen LogP contribution in [0.4, 0.5) is 0 Å². The molecule has 0 unspecified atom stereocenters. The Labute approximate surface area is 128 Å². The second-order valence-electron chi connectivity index (χ2n) is 0.894. The van der Waals surface area contributed by atoms with Crippen LogP contribution in [-0.4, -0.2) is 20.3 Å². The van der Waals surface area contributed by atoms with E-state index < -0.39 is 20.3 Å². The number of hydrogen-bond acceptors (Lipinski definition) is 12. The van der Waals surface area contributed by atoms with Gasteiger partial charge in [-0.05, 0) is 0 Å². The Morgan fingerprint density at radius 3 is 0.381 bits per heavy atom. The summed E-state index contributed by atoms with van der Waals surface area (Å²) in [6.45, 7) is 0. The van der Waals surface area contributed by atoms with E-state index in [2.05, 4.69) is 0 Å². The molecule has 0 fully saturated rings. The van der Waals surface area contributed by atoms with Crippen molar-refractivity contribution in [3.05, 3.63) is 61.3 Å².